The molecule has 1 saturated heterocycles. The number of aryl methyl sites for hydroxylation is 1. The van der Waals surface area contributed by atoms with Crippen molar-refractivity contribution in [3.63, 3.8) is 0 Å². The van der Waals surface area contributed by atoms with Gasteiger partial charge in [0.25, 0.3) is 0 Å². The van der Waals surface area contributed by atoms with Crippen molar-refractivity contribution < 1.29 is 17.9 Å². The Hall–Kier alpha value is -1.12. The van der Waals surface area contributed by atoms with Gasteiger partial charge in [-0.15, -0.1) is 0 Å². The maximum Gasteiger partial charge on any atom is 0.209 e. The zero-order valence-corrected chi connectivity index (χ0v) is 11.7. The van der Waals surface area contributed by atoms with Gasteiger partial charge >= 0.3 is 0 Å². The van der Waals surface area contributed by atoms with E-state index in [0.29, 0.717) is 38.4 Å². The lowest BCUT2D eigenvalue weighted by Crippen LogP contribution is -2.42. The predicted molar refractivity (Wildman–Crippen MR) is 69.2 cm³/mol. The topological polar surface area (TPSA) is 96.4 Å². The minimum atomic E-state index is -3.54. The number of sulfonamides is 1. The van der Waals surface area contributed by atoms with Gasteiger partial charge in [0.05, 0.1) is 24.8 Å². The second-order valence-electron chi connectivity index (χ2n) is 5.06. The molecule has 0 spiro atoms. The van der Waals surface area contributed by atoms with Crippen LogP contribution in [0.15, 0.2) is 12.4 Å². The number of primary sulfonamides is 1. The van der Waals surface area contributed by atoms with Crippen LogP contribution in [0.4, 0.5) is 0 Å². The molecule has 2 rings (SSSR count). The molecule has 0 bridgehead atoms. The van der Waals surface area contributed by atoms with Gasteiger partial charge in [-0.05, 0) is 12.8 Å². The van der Waals surface area contributed by atoms with Gasteiger partial charge in [0.15, 0.2) is 5.75 Å². The Labute approximate surface area is 112 Å². The van der Waals surface area contributed by atoms with E-state index in [1.54, 1.807) is 24.1 Å². The zero-order valence-electron chi connectivity index (χ0n) is 10.9. The lowest BCUT2D eigenvalue weighted by Gasteiger charge is -2.35. The van der Waals surface area contributed by atoms with E-state index in [1.165, 1.54) is 0 Å². The molecule has 2 heterocycles. The SMILES string of the molecule is Cn1cc(OCC2(CS(N)(=O)=O)CCOCC2)cn1. The summed E-state index contributed by atoms with van der Waals surface area (Å²) in [5, 5.41) is 9.19. The molecular formula is C11H19N3O4S. The third-order valence-electron chi connectivity index (χ3n) is 3.29. The van der Waals surface area contributed by atoms with Gasteiger partial charge in [-0.3, -0.25) is 4.68 Å². The Balaban J connectivity index is 2.05. The molecule has 1 aromatic rings. The number of nitrogens with zero attached hydrogens (tertiary/aromatic N) is 2. The zero-order chi connectivity index (χ0) is 13.9. The second kappa shape index (κ2) is 5.48. The molecule has 1 aliphatic heterocycles. The van der Waals surface area contributed by atoms with Crippen molar-refractivity contribution >= 4 is 10.0 Å². The van der Waals surface area contributed by atoms with E-state index in [4.69, 9.17) is 14.6 Å². The predicted octanol–water partition coefficient (Wildman–Crippen LogP) is -0.116. The highest BCUT2D eigenvalue weighted by Gasteiger charge is 2.37. The van der Waals surface area contributed by atoms with Crippen molar-refractivity contribution in [1.29, 1.82) is 0 Å². The van der Waals surface area contributed by atoms with Crippen LogP contribution in [0.5, 0.6) is 5.75 Å². The summed E-state index contributed by atoms with van der Waals surface area (Å²) in [4.78, 5) is 0. The molecule has 108 valence electrons. The van der Waals surface area contributed by atoms with Crippen LogP contribution in [-0.2, 0) is 21.8 Å². The van der Waals surface area contributed by atoms with E-state index in [-0.39, 0.29) is 5.75 Å². The molecule has 0 unspecified atom stereocenters. The maximum atomic E-state index is 11.4. The van der Waals surface area contributed by atoms with Crippen LogP contribution in [0.25, 0.3) is 0 Å². The molecule has 0 amide bonds. The fourth-order valence-corrected chi connectivity index (χ4v) is 3.50. The van der Waals surface area contributed by atoms with E-state index in [9.17, 15) is 8.42 Å². The Bertz CT molecular complexity index is 520. The maximum absolute atomic E-state index is 11.4. The fraction of sp³-hybridized carbons (Fsp3) is 0.727. The van der Waals surface area contributed by atoms with Crippen LogP contribution >= 0.6 is 0 Å². The number of rotatable bonds is 5. The first-order chi connectivity index (χ1) is 8.89. The quantitative estimate of drug-likeness (QED) is 0.815. The van der Waals surface area contributed by atoms with E-state index in [1.807, 2.05) is 0 Å². The summed E-state index contributed by atoms with van der Waals surface area (Å²) in [5.74, 6) is 0.548. The third kappa shape index (κ3) is 4.19. The third-order valence-corrected chi connectivity index (χ3v) is 4.30. The van der Waals surface area contributed by atoms with Crippen molar-refractivity contribution in [2.45, 2.75) is 12.8 Å². The van der Waals surface area contributed by atoms with Crippen LogP contribution in [0, 0.1) is 5.41 Å². The van der Waals surface area contributed by atoms with Gasteiger partial charge in [-0.25, -0.2) is 13.6 Å². The van der Waals surface area contributed by atoms with Crippen molar-refractivity contribution in [2.75, 3.05) is 25.6 Å². The van der Waals surface area contributed by atoms with E-state index in [0.717, 1.165) is 0 Å². The molecule has 0 saturated carbocycles. The van der Waals surface area contributed by atoms with Gasteiger partial charge in [0, 0.05) is 25.7 Å². The molecule has 1 aliphatic rings. The summed E-state index contributed by atoms with van der Waals surface area (Å²) in [6.07, 6.45) is 4.60. The number of aromatic nitrogens is 2. The normalized spacial score (nSPS) is 19.3. The molecule has 0 atom stereocenters. The molecule has 1 fully saturated rings. The Morgan fingerprint density at radius 2 is 2.21 bits per heavy atom. The smallest absolute Gasteiger partial charge is 0.209 e. The van der Waals surface area contributed by atoms with Crippen molar-refractivity contribution in [2.24, 2.45) is 17.6 Å². The Morgan fingerprint density at radius 3 is 2.74 bits per heavy atom. The molecule has 7 nitrogen and oxygen atoms in total. The average Bonchev–Trinajstić information content (AvgIpc) is 2.72. The lowest BCUT2D eigenvalue weighted by molar-refractivity contribution is 0.00208. The van der Waals surface area contributed by atoms with Gasteiger partial charge < -0.3 is 9.47 Å². The Kier molecular flexibility index (Phi) is 4.12. The van der Waals surface area contributed by atoms with Crippen LogP contribution in [0.3, 0.4) is 0 Å². The van der Waals surface area contributed by atoms with Crippen LogP contribution in [0.1, 0.15) is 12.8 Å². The van der Waals surface area contributed by atoms with Crippen molar-refractivity contribution in [3.8, 4) is 5.75 Å². The molecule has 19 heavy (non-hydrogen) atoms. The largest absolute Gasteiger partial charge is 0.490 e. The fourth-order valence-electron chi connectivity index (χ4n) is 2.27. The van der Waals surface area contributed by atoms with E-state index >= 15 is 0 Å². The first kappa shape index (κ1) is 14.3. The van der Waals surface area contributed by atoms with Gasteiger partial charge in [0.1, 0.15) is 0 Å². The summed E-state index contributed by atoms with van der Waals surface area (Å²) in [7, 11) is -1.74. The highest BCUT2D eigenvalue weighted by molar-refractivity contribution is 7.89. The average molecular weight is 289 g/mol. The van der Waals surface area contributed by atoms with Gasteiger partial charge in [0.2, 0.25) is 10.0 Å². The van der Waals surface area contributed by atoms with Crippen LogP contribution in [0.2, 0.25) is 0 Å². The number of hydrogen-bond acceptors (Lipinski definition) is 5. The second-order valence-corrected chi connectivity index (χ2v) is 6.67. The van der Waals surface area contributed by atoms with Crippen LogP contribution < -0.4 is 9.88 Å². The van der Waals surface area contributed by atoms with E-state index < -0.39 is 15.4 Å². The van der Waals surface area contributed by atoms with Crippen molar-refractivity contribution in [1.82, 2.24) is 9.78 Å². The minimum absolute atomic E-state index is 0.0797. The van der Waals surface area contributed by atoms with E-state index in [2.05, 4.69) is 5.10 Å². The lowest BCUT2D eigenvalue weighted by atomic mass is 9.83. The van der Waals surface area contributed by atoms with Gasteiger partial charge in [-0.2, -0.15) is 5.10 Å². The summed E-state index contributed by atoms with van der Waals surface area (Å²) in [5.41, 5.74) is -0.471. The molecule has 0 aromatic carbocycles. The first-order valence-corrected chi connectivity index (χ1v) is 7.80. The summed E-state index contributed by atoms with van der Waals surface area (Å²) >= 11 is 0. The van der Waals surface area contributed by atoms with Crippen molar-refractivity contribution in [3.05, 3.63) is 12.4 Å². The highest BCUT2D eigenvalue weighted by Crippen LogP contribution is 2.32. The Morgan fingerprint density at radius 1 is 1.53 bits per heavy atom. The number of nitrogens with two attached hydrogens (primary N) is 1. The molecule has 0 aliphatic carbocycles. The molecular weight excluding hydrogens is 270 g/mol. The molecule has 1 aromatic heterocycles. The molecule has 2 N–H and O–H groups in total. The minimum Gasteiger partial charge on any atom is -0.490 e. The number of ether oxygens (including phenoxy) is 2. The number of hydrogen-bond donors (Lipinski definition) is 1. The standard InChI is InChI=1S/C11H19N3O4S/c1-14-7-10(6-13-14)18-8-11(9-19(12,15)16)2-4-17-5-3-11/h6-7H,2-5,8-9H2,1H3,(H2,12,15,16). The van der Waals surface area contributed by atoms with Gasteiger partial charge in [-0.1, -0.05) is 0 Å². The summed E-state index contributed by atoms with van der Waals surface area (Å²) in [6, 6.07) is 0. The monoisotopic (exact) mass is 289 g/mol. The summed E-state index contributed by atoms with van der Waals surface area (Å²) in [6.45, 7) is 1.37. The molecule has 8 heteroatoms. The van der Waals surface area contributed by atoms with Crippen LogP contribution in [-0.4, -0.2) is 43.8 Å². The first-order valence-electron chi connectivity index (χ1n) is 6.08. The molecule has 0 radical (unpaired) electrons. The highest BCUT2D eigenvalue weighted by atomic mass is 32.2. The summed E-state index contributed by atoms with van der Waals surface area (Å²) < 4.78 is 35.3.